The third-order valence-electron chi connectivity index (χ3n) is 4.36. The van der Waals surface area contributed by atoms with Crippen LogP contribution in [0.2, 0.25) is 5.02 Å². The van der Waals surface area contributed by atoms with Gasteiger partial charge in [-0.3, -0.25) is 0 Å². The maximum absolute atomic E-state index is 12.1. The molecule has 0 aliphatic carbocycles. The molecule has 0 fully saturated rings. The van der Waals surface area contributed by atoms with Gasteiger partial charge in [0, 0.05) is 5.02 Å². The van der Waals surface area contributed by atoms with Crippen LogP contribution in [0, 0.1) is 11.3 Å². The lowest BCUT2D eigenvalue weighted by atomic mass is 10.0. The summed E-state index contributed by atoms with van der Waals surface area (Å²) in [6.45, 7) is 1.88. The van der Waals surface area contributed by atoms with E-state index in [1.165, 1.54) is 5.56 Å². The van der Waals surface area contributed by atoms with Crippen molar-refractivity contribution in [3.8, 4) is 17.6 Å². The van der Waals surface area contributed by atoms with Crippen molar-refractivity contribution in [2.75, 3.05) is 6.61 Å². The molecule has 0 aliphatic rings. The predicted octanol–water partition coefficient (Wildman–Crippen LogP) is 5.95. The molecule has 0 spiro atoms. The Hall–Kier alpha value is -3.55. The first-order chi connectivity index (χ1) is 14.6. The minimum absolute atomic E-state index is 0.195. The van der Waals surface area contributed by atoms with E-state index in [2.05, 4.69) is 13.0 Å². The van der Waals surface area contributed by atoms with Gasteiger partial charge in [0.2, 0.25) is 0 Å². The zero-order chi connectivity index (χ0) is 21.3. The van der Waals surface area contributed by atoms with Crippen molar-refractivity contribution >= 4 is 29.2 Å². The Morgan fingerprint density at radius 3 is 2.43 bits per heavy atom. The van der Waals surface area contributed by atoms with Crippen molar-refractivity contribution in [1.29, 1.82) is 5.26 Å². The lowest BCUT2D eigenvalue weighted by Gasteiger charge is -2.08. The number of nitriles is 1. The van der Waals surface area contributed by atoms with Gasteiger partial charge < -0.3 is 9.47 Å². The highest BCUT2D eigenvalue weighted by atomic mass is 35.5. The topological polar surface area (TPSA) is 59.3 Å². The van der Waals surface area contributed by atoms with Gasteiger partial charge in [0.05, 0.1) is 11.6 Å². The van der Waals surface area contributed by atoms with Crippen molar-refractivity contribution in [2.45, 2.75) is 13.3 Å². The number of hydrogen-bond donors (Lipinski definition) is 0. The molecule has 4 nitrogen and oxygen atoms in total. The molecule has 5 heteroatoms. The Morgan fingerprint density at radius 1 is 1.03 bits per heavy atom. The molecule has 0 aliphatic heterocycles. The number of aryl methyl sites for hydroxylation is 1. The number of allylic oxidation sites excluding steroid dienone is 1. The summed E-state index contributed by atoms with van der Waals surface area (Å²) < 4.78 is 10.8. The summed E-state index contributed by atoms with van der Waals surface area (Å²) in [5.41, 5.74) is 3.17. The van der Waals surface area contributed by atoms with E-state index in [9.17, 15) is 10.1 Å². The number of benzene rings is 3. The lowest BCUT2D eigenvalue weighted by molar-refractivity contribution is -0.136. The second kappa shape index (κ2) is 10.3. The molecule has 0 atom stereocenters. The number of nitrogens with zero attached hydrogens (tertiary/aromatic N) is 1. The average Bonchev–Trinajstić information content (AvgIpc) is 2.77. The number of esters is 1. The molecule has 150 valence electrons. The fourth-order valence-electron chi connectivity index (χ4n) is 2.77. The molecule has 0 heterocycles. The van der Waals surface area contributed by atoms with Crippen LogP contribution >= 0.6 is 11.6 Å². The van der Waals surface area contributed by atoms with Crippen LogP contribution in [0.5, 0.6) is 11.5 Å². The highest BCUT2D eigenvalue weighted by molar-refractivity contribution is 6.30. The minimum Gasteiger partial charge on any atom is -0.482 e. The monoisotopic (exact) mass is 417 g/mol. The summed E-state index contributed by atoms with van der Waals surface area (Å²) in [4.78, 5) is 12.1. The number of rotatable bonds is 7. The van der Waals surface area contributed by atoms with Gasteiger partial charge in [-0.05, 0) is 65.6 Å². The molecule has 0 bridgehead atoms. The number of halogens is 1. The molecular formula is C25H20ClNO3. The zero-order valence-corrected chi connectivity index (χ0v) is 17.2. The number of hydrogen-bond acceptors (Lipinski definition) is 4. The molecule has 0 saturated carbocycles. The van der Waals surface area contributed by atoms with Crippen LogP contribution in [0.25, 0.3) is 11.6 Å². The molecule has 0 radical (unpaired) electrons. The van der Waals surface area contributed by atoms with Gasteiger partial charge in [-0.15, -0.1) is 0 Å². The van der Waals surface area contributed by atoms with E-state index in [4.69, 9.17) is 21.1 Å². The van der Waals surface area contributed by atoms with Crippen LogP contribution in [0.3, 0.4) is 0 Å². The first-order valence-corrected chi connectivity index (χ1v) is 9.85. The standard InChI is InChI=1S/C25H20ClNO3/c1-2-18-6-12-23(13-7-18)29-17-25(28)30-24-5-3-4-19(15-24)14-21(16-27)20-8-10-22(26)11-9-20/h3-15H,2,17H2,1H3/b21-14-. The molecule has 3 rings (SSSR count). The van der Waals surface area contributed by atoms with E-state index in [1.807, 2.05) is 30.3 Å². The van der Waals surface area contributed by atoms with Gasteiger partial charge >= 0.3 is 5.97 Å². The van der Waals surface area contributed by atoms with Crippen LogP contribution in [0.1, 0.15) is 23.6 Å². The van der Waals surface area contributed by atoms with E-state index in [1.54, 1.807) is 48.5 Å². The highest BCUT2D eigenvalue weighted by Crippen LogP contribution is 2.22. The molecule has 0 N–H and O–H groups in total. The van der Waals surface area contributed by atoms with Crippen molar-refractivity contribution < 1.29 is 14.3 Å². The van der Waals surface area contributed by atoms with E-state index in [0.717, 1.165) is 17.5 Å². The summed E-state index contributed by atoms with van der Waals surface area (Å²) in [6, 6.07) is 23.8. The Morgan fingerprint density at radius 2 is 1.77 bits per heavy atom. The van der Waals surface area contributed by atoms with Crippen LogP contribution in [0.15, 0.2) is 72.8 Å². The Bertz CT molecular complexity index is 1080. The molecule has 30 heavy (non-hydrogen) atoms. The third kappa shape index (κ3) is 5.97. The van der Waals surface area contributed by atoms with Gasteiger partial charge in [-0.2, -0.15) is 5.26 Å². The van der Waals surface area contributed by atoms with E-state index in [-0.39, 0.29) is 6.61 Å². The van der Waals surface area contributed by atoms with E-state index in [0.29, 0.717) is 22.1 Å². The molecule has 0 saturated heterocycles. The van der Waals surface area contributed by atoms with Crippen molar-refractivity contribution in [3.63, 3.8) is 0 Å². The molecule has 3 aromatic rings. The van der Waals surface area contributed by atoms with Crippen LogP contribution in [-0.2, 0) is 11.2 Å². The Kier molecular flexibility index (Phi) is 7.26. The second-order valence-corrected chi connectivity index (χ2v) is 6.95. The van der Waals surface area contributed by atoms with Crippen molar-refractivity contribution in [3.05, 3.63) is 94.5 Å². The maximum atomic E-state index is 12.1. The van der Waals surface area contributed by atoms with Gasteiger partial charge in [0.15, 0.2) is 6.61 Å². The van der Waals surface area contributed by atoms with Gasteiger partial charge in [-0.25, -0.2) is 4.79 Å². The van der Waals surface area contributed by atoms with Crippen molar-refractivity contribution in [1.82, 2.24) is 0 Å². The molecular weight excluding hydrogens is 398 g/mol. The van der Waals surface area contributed by atoms with Gasteiger partial charge in [0.1, 0.15) is 11.5 Å². The minimum atomic E-state index is -0.506. The summed E-state index contributed by atoms with van der Waals surface area (Å²) >= 11 is 5.91. The first-order valence-electron chi connectivity index (χ1n) is 9.47. The fourth-order valence-corrected chi connectivity index (χ4v) is 2.89. The first kappa shape index (κ1) is 21.2. The molecule has 3 aromatic carbocycles. The van der Waals surface area contributed by atoms with Crippen molar-refractivity contribution in [2.24, 2.45) is 0 Å². The summed E-state index contributed by atoms with van der Waals surface area (Å²) in [5.74, 6) is 0.489. The smallest absolute Gasteiger partial charge is 0.349 e. The number of carbonyl (C=O) groups is 1. The number of ether oxygens (including phenoxy) is 2. The molecule has 0 aromatic heterocycles. The Labute approximate surface area is 180 Å². The van der Waals surface area contributed by atoms with Gasteiger partial charge in [0.25, 0.3) is 0 Å². The molecule has 0 unspecified atom stereocenters. The van der Waals surface area contributed by atoms with Crippen LogP contribution in [-0.4, -0.2) is 12.6 Å². The summed E-state index contributed by atoms with van der Waals surface area (Å²) in [6.07, 6.45) is 2.67. The zero-order valence-electron chi connectivity index (χ0n) is 16.5. The largest absolute Gasteiger partial charge is 0.482 e. The Balaban J connectivity index is 1.64. The molecule has 0 amide bonds. The van der Waals surface area contributed by atoms with Gasteiger partial charge in [-0.1, -0.05) is 54.9 Å². The highest BCUT2D eigenvalue weighted by Gasteiger charge is 2.08. The predicted molar refractivity (Wildman–Crippen MR) is 118 cm³/mol. The summed E-state index contributed by atoms with van der Waals surface area (Å²) in [5, 5.41) is 10.1. The van der Waals surface area contributed by atoms with Crippen LogP contribution < -0.4 is 9.47 Å². The third-order valence-corrected chi connectivity index (χ3v) is 4.62. The SMILES string of the molecule is CCc1ccc(OCC(=O)Oc2cccc(/C=C(/C#N)c3ccc(Cl)cc3)c2)cc1. The average molecular weight is 418 g/mol. The normalized spacial score (nSPS) is 10.9. The maximum Gasteiger partial charge on any atom is 0.349 e. The fraction of sp³-hybridized carbons (Fsp3) is 0.120. The van der Waals surface area contributed by atoms with E-state index >= 15 is 0 Å². The quantitative estimate of drug-likeness (QED) is 0.206. The lowest BCUT2D eigenvalue weighted by Crippen LogP contribution is -2.17. The number of carbonyl (C=O) groups excluding carboxylic acids is 1. The van der Waals surface area contributed by atoms with Crippen LogP contribution in [0.4, 0.5) is 0 Å². The second-order valence-electron chi connectivity index (χ2n) is 6.51. The van der Waals surface area contributed by atoms with E-state index < -0.39 is 5.97 Å². The summed E-state index contributed by atoms with van der Waals surface area (Å²) in [7, 11) is 0.